The number of carbonyl (C=O) groups is 1. The maximum Gasteiger partial charge on any atom is 0.289 e. The number of nitrogens with one attached hydrogen (secondary N) is 1. The molecule has 174 valence electrons. The summed E-state index contributed by atoms with van der Waals surface area (Å²) in [6, 6.07) is 11.6. The predicted octanol–water partition coefficient (Wildman–Crippen LogP) is 2.53. The lowest BCUT2D eigenvalue weighted by atomic mass is 10.2. The molecule has 0 bridgehead atoms. The zero-order valence-electron chi connectivity index (χ0n) is 19.4. The molecule has 0 radical (unpaired) electrons. The first kappa shape index (κ1) is 23.7. The summed E-state index contributed by atoms with van der Waals surface area (Å²) in [4.78, 5) is 23.3. The third kappa shape index (κ3) is 6.26. The van der Waals surface area contributed by atoms with E-state index in [2.05, 4.69) is 40.0 Å². The highest BCUT2D eigenvalue weighted by molar-refractivity contribution is 5.91. The molecule has 1 fully saturated rings. The molecule has 8 nitrogen and oxygen atoms in total. The van der Waals surface area contributed by atoms with Crippen LogP contribution in [-0.4, -0.2) is 86.0 Å². The molecule has 0 atom stereocenters. The molecule has 1 aliphatic rings. The summed E-state index contributed by atoms with van der Waals surface area (Å²) in [5.41, 5.74) is 1.10. The van der Waals surface area contributed by atoms with E-state index in [9.17, 15) is 4.79 Å². The summed E-state index contributed by atoms with van der Waals surface area (Å²) >= 11 is 0. The number of piperazine rings is 1. The Bertz CT molecular complexity index is 856. The zero-order valence-corrected chi connectivity index (χ0v) is 19.4. The summed E-state index contributed by atoms with van der Waals surface area (Å²) in [5, 5.41) is 3.45. The van der Waals surface area contributed by atoms with Gasteiger partial charge in [-0.3, -0.25) is 9.79 Å². The second-order valence-corrected chi connectivity index (χ2v) is 7.64. The molecule has 3 rings (SSSR count). The minimum absolute atomic E-state index is 0.0617. The van der Waals surface area contributed by atoms with Gasteiger partial charge in [0.1, 0.15) is 12.4 Å². The van der Waals surface area contributed by atoms with Gasteiger partial charge in [0.15, 0.2) is 11.7 Å². The van der Waals surface area contributed by atoms with Gasteiger partial charge >= 0.3 is 0 Å². The lowest BCUT2D eigenvalue weighted by Gasteiger charge is -2.36. The standard InChI is InChI=1S/C24H35N5O3/c1-4-27(5-2)16-18-32-21-10-7-6-9-20(21)19-26-24(25-3)29-14-12-28(13-15-29)23(30)22-11-8-17-31-22/h6-11,17H,4-5,12-16,18-19H2,1-3H3,(H,25,26). The van der Waals surface area contributed by atoms with Crippen LogP contribution in [0.15, 0.2) is 52.1 Å². The van der Waals surface area contributed by atoms with Crippen LogP contribution in [0.1, 0.15) is 30.0 Å². The number of amides is 1. The van der Waals surface area contributed by atoms with E-state index < -0.39 is 0 Å². The summed E-state index contributed by atoms with van der Waals surface area (Å²) in [7, 11) is 1.79. The fraction of sp³-hybridized carbons (Fsp3) is 0.500. The molecule has 0 spiro atoms. The van der Waals surface area contributed by atoms with Crippen LogP contribution in [0.5, 0.6) is 5.75 Å². The Morgan fingerprint density at radius 3 is 2.47 bits per heavy atom. The van der Waals surface area contributed by atoms with Crippen molar-refractivity contribution in [3.8, 4) is 5.75 Å². The summed E-state index contributed by atoms with van der Waals surface area (Å²) in [6.07, 6.45) is 1.53. The number of benzene rings is 1. The van der Waals surface area contributed by atoms with Gasteiger partial charge in [0.25, 0.3) is 5.91 Å². The van der Waals surface area contributed by atoms with Crippen LogP contribution in [0.25, 0.3) is 0 Å². The highest BCUT2D eigenvalue weighted by Gasteiger charge is 2.25. The van der Waals surface area contributed by atoms with Gasteiger partial charge in [0, 0.05) is 51.9 Å². The van der Waals surface area contributed by atoms with Gasteiger partial charge in [-0.05, 0) is 31.3 Å². The number of likely N-dealkylation sites (N-methyl/N-ethyl adjacent to an activating group) is 1. The highest BCUT2D eigenvalue weighted by atomic mass is 16.5. The second kappa shape index (κ2) is 12.1. The van der Waals surface area contributed by atoms with Crippen LogP contribution in [0, 0.1) is 0 Å². The Morgan fingerprint density at radius 1 is 1.09 bits per heavy atom. The molecule has 32 heavy (non-hydrogen) atoms. The topological polar surface area (TPSA) is 73.6 Å². The van der Waals surface area contributed by atoms with E-state index in [0.717, 1.165) is 36.9 Å². The van der Waals surface area contributed by atoms with Crippen molar-refractivity contribution in [1.82, 2.24) is 20.0 Å². The largest absolute Gasteiger partial charge is 0.492 e. The summed E-state index contributed by atoms with van der Waals surface area (Å²) in [5.74, 6) is 2.05. The molecule has 8 heteroatoms. The predicted molar refractivity (Wildman–Crippen MR) is 126 cm³/mol. The zero-order chi connectivity index (χ0) is 22.8. The fourth-order valence-electron chi connectivity index (χ4n) is 3.80. The van der Waals surface area contributed by atoms with Crippen LogP contribution in [0.4, 0.5) is 0 Å². The monoisotopic (exact) mass is 441 g/mol. The molecule has 0 aliphatic carbocycles. The van der Waals surface area contributed by atoms with Crippen molar-refractivity contribution in [2.24, 2.45) is 4.99 Å². The molecule has 1 aromatic heterocycles. The van der Waals surface area contributed by atoms with Gasteiger partial charge in [0.2, 0.25) is 0 Å². The van der Waals surface area contributed by atoms with E-state index in [-0.39, 0.29) is 5.91 Å². The molecule has 1 aromatic carbocycles. The van der Waals surface area contributed by atoms with Crippen LogP contribution in [0.3, 0.4) is 0 Å². The van der Waals surface area contributed by atoms with Gasteiger partial charge in [-0.25, -0.2) is 0 Å². The molecule has 1 aliphatic heterocycles. The van der Waals surface area contributed by atoms with E-state index in [0.29, 0.717) is 45.1 Å². The normalized spacial score (nSPS) is 14.7. The molecule has 2 aromatic rings. The average molecular weight is 442 g/mol. The van der Waals surface area contributed by atoms with Crippen molar-refractivity contribution in [3.05, 3.63) is 54.0 Å². The molecule has 0 saturated carbocycles. The molecule has 2 heterocycles. The quantitative estimate of drug-likeness (QED) is 0.476. The van der Waals surface area contributed by atoms with Crippen LogP contribution >= 0.6 is 0 Å². The molecule has 0 unspecified atom stereocenters. The van der Waals surface area contributed by atoms with Crippen molar-refractivity contribution < 1.29 is 13.9 Å². The Hall–Kier alpha value is -3.00. The molecule has 1 amide bonds. The van der Waals surface area contributed by atoms with Gasteiger partial charge < -0.3 is 29.2 Å². The highest BCUT2D eigenvalue weighted by Crippen LogP contribution is 2.18. The summed E-state index contributed by atoms with van der Waals surface area (Å²) in [6.45, 7) is 11.3. The SMILES string of the molecule is CCN(CC)CCOc1ccccc1CNC(=NC)N1CCN(C(=O)c2ccco2)CC1. The first-order valence-electron chi connectivity index (χ1n) is 11.4. The van der Waals surface area contributed by atoms with Gasteiger partial charge in [0.05, 0.1) is 6.26 Å². The average Bonchev–Trinajstić information content (AvgIpc) is 3.38. The minimum Gasteiger partial charge on any atom is -0.492 e. The smallest absolute Gasteiger partial charge is 0.289 e. The lowest BCUT2D eigenvalue weighted by molar-refractivity contribution is 0.0657. The fourth-order valence-corrected chi connectivity index (χ4v) is 3.80. The first-order chi connectivity index (χ1) is 15.7. The van der Waals surface area contributed by atoms with Gasteiger partial charge in [-0.1, -0.05) is 32.0 Å². The van der Waals surface area contributed by atoms with Crippen molar-refractivity contribution in [3.63, 3.8) is 0 Å². The Labute approximate surface area is 190 Å². The van der Waals surface area contributed by atoms with E-state index in [1.54, 1.807) is 19.2 Å². The van der Waals surface area contributed by atoms with Crippen molar-refractivity contribution >= 4 is 11.9 Å². The van der Waals surface area contributed by atoms with E-state index in [1.165, 1.54) is 6.26 Å². The number of carbonyl (C=O) groups excluding carboxylic acids is 1. The second-order valence-electron chi connectivity index (χ2n) is 7.64. The number of aliphatic imine (C=N–C) groups is 1. The molecular weight excluding hydrogens is 406 g/mol. The number of hydrogen-bond acceptors (Lipinski definition) is 5. The van der Waals surface area contributed by atoms with Crippen molar-refractivity contribution in [1.29, 1.82) is 0 Å². The lowest BCUT2D eigenvalue weighted by Crippen LogP contribution is -2.53. The Morgan fingerprint density at radius 2 is 1.81 bits per heavy atom. The van der Waals surface area contributed by atoms with Crippen LogP contribution in [0.2, 0.25) is 0 Å². The molecular formula is C24H35N5O3. The number of guanidine groups is 1. The van der Waals surface area contributed by atoms with Crippen LogP contribution in [-0.2, 0) is 6.54 Å². The van der Waals surface area contributed by atoms with Gasteiger partial charge in [-0.15, -0.1) is 0 Å². The van der Waals surface area contributed by atoms with Gasteiger partial charge in [-0.2, -0.15) is 0 Å². The number of para-hydroxylation sites is 1. The number of rotatable bonds is 9. The first-order valence-corrected chi connectivity index (χ1v) is 11.4. The summed E-state index contributed by atoms with van der Waals surface area (Å²) < 4.78 is 11.3. The molecule has 1 saturated heterocycles. The van der Waals surface area contributed by atoms with E-state index >= 15 is 0 Å². The Kier molecular flexibility index (Phi) is 8.98. The van der Waals surface area contributed by atoms with Crippen LogP contribution < -0.4 is 10.1 Å². The minimum atomic E-state index is -0.0617. The number of nitrogens with zero attached hydrogens (tertiary/aromatic N) is 4. The Balaban J connectivity index is 1.50. The third-order valence-corrected chi connectivity index (χ3v) is 5.78. The van der Waals surface area contributed by atoms with E-state index in [4.69, 9.17) is 9.15 Å². The number of hydrogen-bond donors (Lipinski definition) is 1. The number of furan rings is 1. The molecule has 1 N–H and O–H groups in total. The maximum atomic E-state index is 12.5. The van der Waals surface area contributed by atoms with Crippen molar-refractivity contribution in [2.75, 3.05) is 59.5 Å². The maximum absolute atomic E-state index is 12.5. The van der Waals surface area contributed by atoms with E-state index in [1.807, 2.05) is 23.1 Å². The third-order valence-electron chi connectivity index (χ3n) is 5.78. The number of ether oxygens (including phenoxy) is 1. The van der Waals surface area contributed by atoms with Crippen molar-refractivity contribution in [2.45, 2.75) is 20.4 Å².